The third kappa shape index (κ3) is 10.6. The van der Waals surface area contributed by atoms with Crippen molar-refractivity contribution in [2.45, 2.75) is 131 Å². The van der Waals surface area contributed by atoms with Gasteiger partial charge >= 0.3 is 18.4 Å². The Hall–Kier alpha value is -5.07. The average Bonchev–Trinajstić information content (AvgIpc) is 3.59. The number of hydrogen-bond donors (Lipinski definition) is 2. The molecule has 2 unspecified atom stereocenters. The molecule has 2 N–H and O–H groups in total. The molecule has 3 fully saturated rings. The monoisotopic (exact) mass is 825 g/mol. The fraction of sp³-hybridized carbons (Fsp3) is 0.628. The van der Waals surface area contributed by atoms with Gasteiger partial charge in [-0.1, -0.05) is 60.3 Å². The number of likely N-dealkylation sites (tertiary alicyclic amines) is 2. The molecule has 1 saturated carbocycles. The van der Waals surface area contributed by atoms with Crippen LogP contribution in [0.25, 0.3) is 5.65 Å². The van der Waals surface area contributed by atoms with Crippen LogP contribution in [0.15, 0.2) is 36.4 Å². The van der Waals surface area contributed by atoms with Crippen LogP contribution in [0.4, 0.5) is 22.8 Å². The van der Waals surface area contributed by atoms with Gasteiger partial charge in [-0.3, -0.25) is 4.79 Å². The van der Waals surface area contributed by atoms with Crippen molar-refractivity contribution in [1.82, 2.24) is 34.9 Å². The molecule has 6 rings (SSSR count). The van der Waals surface area contributed by atoms with E-state index in [1.54, 1.807) is 29.2 Å². The normalized spacial score (nSPS) is 22.8. The van der Waals surface area contributed by atoms with Crippen LogP contribution in [-0.4, -0.2) is 96.2 Å². The number of alkyl halides is 3. The zero-order valence-electron chi connectivity index (χ0n) is 35.7. The van der Waals surface area contributed by atoms with Crippen LogP contribution in [0.5, 0.6) is 5.88 Å². The molecule has 0 spiro atoms. The number of carbonyl (C=O) groups is 3. The van der Waals surface area contributed by atoms with Gasteiger partial charge in [0.05, 0.1) is 0 Å². The number of amides is 3. The Morgan fingerprint density at radius 1 is 0.881 bits per heavy atom. The minimum atomic E-state index is -4.72. The second kappa shape index (κ2) is 16.9. The summed E-state index contributed by atoms with van der Waals surface area (Å²) in [6.45, 7) is 21.7. The molecule has 2 aliphatic heterocycles. The number of carbonyl (C=O) groups excluding carboxylic acids is 2. The number of nitrogens with zero attached hydrogens (tertiary/aromatic N) is 6. The molecule has 2 aromatic heterocycles. The van der Waals surface area contributed by atoms with E-state index in [1.165, 1.54) is 23.5 Å². The summed E-state index contributed by atoms with van der Waals surface area (Å²) in [5.41, 5.74) is -0.562. The minimum absolute atomic E-state index is 0.00760. The Labute approximate surface area is 344 Å². The first-order chi connectivity index (χ1) is 27.3. The average molecular weight is 826 g/mol. The van der Waals surface area contributed by atoms with Crippen molar-refractivity contribution in [3.05, 3.63) is 53.3 Å². The number of benzene rings is 1. The van der Waals surface area contributed by atoms with Crippen LogP contribution in [0.2, 0.25) is 0 Å². The van der Waals surface area contributed by atoms with Crippen LogP contribution in [0, 0.1) is 34.0 Å². The summed E-state index contributed by atoms with van der Waals surface area (Å²) in [5, 5.41) is 23.4. The van der Waals surface area contributed by atoms with E-state index < -0.39 is 35.0 Å². The summed E-state index contributed by atoms with van der Waals surface area (Å²) in [7, 11) is 0. The number of nitrogens with one attached hydrogen (secondary N) is 1. The summed E-state index contributed by atoms with van der Waals surface area (Å²) in [6.07, 6.45) is -1.46. The molecule has 2 atom stereocenters. The molecule has 1 aliphatic carbocycles. The van der Waals surface area contributed by atoms with E-state index in [0.29, 0.717) is 29.5 Å². The number of halogens is 3. The van der Waals surface area contributed by atoms with Gasteiger partial charge in [0, 0.05) is 65.7 Å². The van der Waals surface area contributed by atoms with E-state index in [-0.39, 0.29) is 52.5 Å². The van der Waals surface area contributed by atoms with Crippen LogP contribution in [0.1, 0.15) is 123 Å². The van der Waals surface area contributed by atoms with Gasteiger partial charge < -0.3 is 29.7 Å². The third-order valence-corrected chi connectivity index (χ3v) is 11.3. The molecule has 16 heteroatoms. The van der Waals surface area contributed by atoms with Gasteiger partial charge in [0.1, 0.15) is 11.7 Å². The Kier molecular flexibility index (Phi) is 12.9. The van der Waals surface area contributed by atoms with Crippen molar-refractivity contribution in [1.29, 1.82) is 0 Å². The van der Waals surface area contributed by atoms with Gasteiger partial charge in [-0.15, -0.1) is 15.3 Å². The Morgan fingerprint density at radius 3 is 2.07 bits per heavy atom. The molecule has 3 aliphatic rings. The molecule has 3 aromatic rings. The zero-order valence-corrected chi connectivity index (χ0v) is 35.7. The maximum absolute atomic E-state index is 13.3. The van der Waals surface area contributed by atoms with Crippen LogP contribution in [-0.2, 0) is 10.9 Å². The number of piperidine rings is 2. The predicted octanol–water partition coefficient (Wildman–Crippen LogP) is 8.32. The lowest BCUT2D eigenvalue weighted by Crippen LogP contribution is -2.74. The summed E-state index contributed by atoms with van der Waals surface area (Å²) >= 11 is 0. The molecule has 59 heavy (non-hydrogen) atoms. The first-order valence-electron chi connectivity index (χ1n) is 20.2. The van der Waals surface area contributed by atoms with E-state index in [9.17, 15) is 32.7 Å². The zero-order chi connectivity index (χ0) is 43.7. The fourth-order valence-corrected chi connectivity index (χ4v) is 8.59. The van der Waals surface area contributed by atoms with Crippen molar-refractivity contribution in [3.63, 3.8) is 0 Å². The Morgan fingerprint density at radius 2 is 1.51 bits per heavy atom. The van der Waals surface area contributed by atoms with E-state index >= 15 is 0 Å². The first-order valence-corrected chi connectivity index (χ1v) is 20.2. The second-order valence-electron chi connectivity index (χ2n) is 19.0. The SMILES string of the molecule is CC(C)(C)C1CC(C#Cc2ccc(C(=O)NC3C(C)(C)C(Oc4ccc5nnc(C(F)(F)F)n5n4)C3(C)C)cc2)CCN1C(=O)O.CC(C)(C)OC(=O)N1CCCCC1. The van der Waals surface area contributed by atoms with Crippen molar-refractivity contribution in [2.24, 2.45) is 22.2 Å². The van der Waals surface area contributed by atoms with E-state index in [4.69, 9.17) is 9.47 Å². The highest BCUT2D eigenvalue weighted by Gasteiger charge is 2.64. The van der Waals surface area contributed by atoms with Crippen molar-refractivity contribution in [3.8, 4) is 17.7 Å². The highest BCUT2D eigenvalue weighted by atomic mass is 19.4. The topological polar surface area (TPSA) is 151 Å². The molecule has 3 amide bonds. The van der Waals surface area contributed by atoms with Gasteiger partial charge in [-0.25, -0.2) is 9.59 Å². The van der Waals surface area contributed by atoms with Gasteiger partial charge in [0.2, 0.25) is 5.88 Å². The highest BCUT2D eigenvalue weighted by Crippen LogP contribution is 2.55. The van der Waals surface area contributed by atoms with Gasteiger partial charge in [-0.05, 0) is 88.6 Å². The molecule has 0 radical (unpaired) electrons. The number of fused-ring (bicyclic) bond motifs is 1. The molecule has 2 saturated heterocycles. The second-order valence-corrected chi connectivity index (χ2v) is 19.0. The Bertz CT molecular complexity index is 2040. The minimum Gasteiger partial charge on any atom is -0.472 e. The summed E-state index contributed by atoms with van der Waals surface area (Å²) in [4.78, 5) is 39.8. The number of ether oxygens (including phenoxy) is 2. The van der Waals surface area contributed by atoms with Crippen LogP contribution >= 0.6 is 0 Å². The molecule has 322 valence electrons. The van der Waals surface area contributed by atoms with Crippen LogP contribution in [0.3, 0.4) is 0 Å². The maximum Gasteiger partial charge on any atom is 0.453 e. The summed E-state index contributed by atoms with van der Waals surface area (Å²) in [6, 6.07) is 9.40. The maximum atomic E-state index is 13.3. The van der Waals surface area contributed by atoms with E-state index in [1.807, 2.05) is 69.2 Å². The van der Waals surface area contributed by atoms with Gasteiger partial charge in [-0.2, -0.15) is 17.7 Å². The Balaban J connectivity index is 0.000000434. The van der Waals surface area contributed by atoms with E-state index in [2.05, 4.69) is 32.5 Å². The van der Waals surface area contributed by atoms with E-state index in [0.717, 1.165) is 31.5 Å². The lowest BCUT2D eigenvalue weighted by atomic mass is 9.49. The molecular weight excluding hydrogens is 768 g/mol. The predicted molar refractivity (Wildman–Crippen MR) is 215 cm³/mol. The van der Waals surface area contributed by atoms with Crippen molar-refractivity contribution >= 4 is 23.7 Å². The van der Waals surface area contributed by atoms with Crippen molar-refractivity contribution in [2.75, 3.05) is 19.6 Å². The smallest absolute Gasteiger partial charge is 0.453 e. The number of carboxylic acid groups (broad SMARTS) is 1. The third-order valence-electron chi connectivity index (χ3n) is 11.3. The number of aromatic nitrogens is 4. The van der Waals surface area contributed by atoms with Crippen molar-refractivity contribution < 1.29 is 42.1 Å². The lowest BCUT2D eigenvalue weighted by molar-refractivity contribution is -0.166. The lowest BCUT2D eigenvalue weighted by Gasteiger charge is -2.62. The largest absolute Gasteiger partial charge is 0.472 e. The fourth-order valence-electron chi connectivity index (χ4n) is 8.59. The molecule has 4 heterocycles. The van der Waals surface area contributed by atoms with Gasteiger partial charge in [0.25, 0.3) is 11.7 Å². The highest BCUT2D eigenvalue weighted by molar-refractivity contribution is 5.94. The number of rotatable bonds is 4. The summed E-state index contributed by atoms with van der Waals surface area (Å²) < 4.78 is 52.0. The standard InChI is InChI=1S/C33H39F3N6O4.C10H19NO2/c1-30(2,3)22-18-20(16-17-41(22)29(44)45)9-8-19-10-12-21(13-11-19)25(43)37-26-31(4,5)27(32(26,6)7)46-24-15-14-23-38-39-28(33(34,35)36)42(23)40-24;1-10(2,3)13-9(12)11-7-5-4-6-8-11/h10-15,20,22,26-27H,16-18H2,1-7H3,(H,37,43)(H,44,45);4-8H2,1-3H3. The van der Waals surface area contributed by atoms with Gasteiger partial charge in [0.15, 0.2) is 5.65 Å². The molecule has 1 aromatic carbocycles. The summed E-state index contributed by atoms with van der Waals surface area (Å²) in [5.74, 6) is 5.06. The molecule has 13 nitrogen and oxygen atoms in total. The number of hydrogen-bond acceptors (Lipinski definition) is 8. The quantitative estimate of drug-likeness (QED) is 0.248. The first kappa shape index (κ1) is 45.0. The van der Waals surface area contributed by atoms with Crippen LogP contribution < -0.4 is 10.1 Å². The molecule has 0 bridgehead atoms. The molecular formula is C43H58F3N7O6.